The van der Waals surface area contributed by atoms with Crippen LogP contribution in [0.15, 0.2) is 18.2 Å². The van der Waals surface area contributed by atoms with Crippen molar-refractivity contribution >= 4 is 17.6 Å². The largest absolute Gasteiger partial charge is 0.481 e. The summed E-state index contributed by atoms with van der Waals surface area (Å²) in [4.78, 5) is 13.1. The van der Waals surface area contributed by atoms with E-state index in [0.29, 0.717) is 31.6 Å². The summed E-state index contributed by atoms with van der Waals surface area (Å²) in [5.74, 6) is -1.21. The molecule has 0 radical (unpaired) electrons. The summed E-state index contributed by atoms with van der Waals surface area (Å²) in [6.45, 7) is 3.22. The van der Waals surface area contributed by atoms with Gasteiger partial charge in [0.05, 0.1) is 10.4 Å². The third kappa shape index (κ3) is 2.49. The maximum absolute atomic E-state index is 13.7. The molecule has 1 aliphatic heterocycles. The van der Waals surface area contributed by atoms with Crippen molar-refractivity contribution in [3.8, 4) is 0 Å². The van der Waals surface area contributed by atoms with Crippen molar-refractivity contribution in [3.63, 3.8) is 0 Å². The van der Waals surface area contributed by atoms with Crippen molar-refractivity contribution in [2.75, 3.05) is 13.1 Å². The number of aliphatic carboxylic acids is 1. The zero-order valence-corrected chi connectivity index (χ0v) is 10.9. The lowest BCUT2D eigenvalue weighted by atomic mass is 9.90. The highest BCUT2D eigenvalue weighted by Gasteiger charge is 2.40. The maximum Gasteiger partial charge on any atom is 0.310 e. The first-order valence-corrected chi connectivity index (χ1v) is 6.19. The molecular formula is C13H15ClFNO2. The fourth-order valence-electron chi connectivity index (χ4n) is 2.28. The van der Waals surface area contributed by atoms with Crippen LogP contribution in [-0.4, -0.2) is 29.1 Å². The van der Waals surface area contributed by atoms with Gasteiger partial charge in [-0.1, -0.05) is 23.7 Å². The molecule has 0 aromatic heterocycles. The number of carbonyl (C=O) groups is 1. The smallest absolute Gasteiger partial charge is 0.310 e. The number of benzene rings is 1. The highest BCUT2D eigenvalue weighted by Crippen LogP contribution is 2.31. The number of carboxylic acids is 1. The Labute approximate surface area is 110 Å². The van der Waals surface area contributed by atoms with E-state index in [-0.39, 0.29) is 5.02 Å². The van der Waals surface area contributed by atoms with E-state index in [4.69, 9.17) is 16.7 Å². The summed E-state index contributed by atoms with van der Waals surface area (Å²) >= 11 is 5.72. The number of rotatable bonds is 3. The van der Waals surface area contributed by atoms with Crippen molar-refractivity contribution in [1.29, 1.82) is 0 Å². The third-order valence-electron chi connectivity index (χ3n) is 3.49. The fourth-order valence-corrected chi connectivity index (χ4v) is 2.47. The van der Waals surface area contributed by atoms with Crippen LogP contribution in [0.5, 0.6) is 0 Å². The number of halogens is 2. The van der Waals surface area contributed by atoms with Crippen LogP contribution in [0.1, 0.15) is 18.9 Å². The van der Waals surface area contributed by atoms with Gasteiger partial charge in [-0.2, -0.15) is 0 Å². The molecule has 98 valence electrons. The normalized spacial score (nSPS) is 24.4. The quantitative estimate of drug-likeness (QED) is 0.919. The van der Waals surface area contributed by atoms with Crippen LogP contribution in [0, 0.1) is 11.2 Å². The van der Waals surface area contributed by atoms with Gasteiger partial charge in [0.15, 0.2) is 0 Å². The minimum Gasteiger partial charge on any atom is -0.481 e. The van der Waals surface area contributed by atoms with Crippen LogP contribution >= 0.6 is 11.6 Å². The van der Waals surface area contributed by atoms with Crippen LogP contribution < -0.4 is 0 Å². The van der Waals surface area contributed by atoms with E-state index in [1.807, 2.05) is 4.90 Å². The predicted molar refractivity (Wildman–Crippen MR) is 67.0 cm³/mol. The molecule has 1 N–H and O–H groups in total. The molecule has 0 amide bonds. The Hall–Kier alpha value is -1.13. The molecule has 3 nitrogen and oxygen atoms in total. The molecule has 0 saturated carbocycles. The molecule has 1 fully saturated rings. The Bertz CT molecular complexity index is 480. The van der Waals surface area contributed by atoms with Gasteiger partial charge in [-0.3, -0.25) is 9.69 Å². The lowest BCUT2D eigenvalue weighted by molar-refractivity contribution is -0.147. The lowest BCUT2D eigenvalue weighted by Gasteiger charge is -2.20. The SMILES string of the molecule is CC1(C(=O)O)CCN(Cc2cccc(Cl)c2F)C1. The van der Waals surface area contributed by atoms with Gasteiger partial charge in [0, 0.05) is 18.7 Å². The van der Waals surface area contributed by atoms with E-state index in [1.165, 1.54) is 6.07 Å². The average molecular weight is 272 g/mol. The molecule has 1 saturated heterocycles. The first-order chi connectivity index (χ1) is 8.42. The minimum atomic E-state index is -0.795. The number of hydrogen-bond acceptors (Lipinski definition) is 2. The van der Waals surface area contributed by atoms with E-state index in [0.717, 1.165) is 0 Å². The van der Waals surface area contributed by atoms with Gasteiger partial charge in [0.1, 0.15) is 5.82 Å². The predicted octanol–water partition coefficient (Wildman–Crippen LogP) is 2.78. The first-order valence-electron chi connectivity index (χ1n) is 5.81. The van der Waals surface area contributed by atoms with Crippen LogP contribution in [0.4, 0.5) is 4.39 Å². The summed E-state index contributed by atoms with van der Waals surface area (Å²) in [6, 6.07) is 4.89. The molecule has 18 heavy (non-hydrogen) atoms. The van der Waals surface area contributed by atoms with Gasteiger partial charge in [0.2, 0.25) is 0 Å². The highest BCUT2D eigenvalue weighted by atomic mass is 35.5. The van der Waals surface area contributed by atoms with Gasteiger partial charge in [-0.05, 0) is 26.0 Å². The third-order valence-corrected chi connectivity index (χ3v) is 3.79. The molecule has 1 aromatic rings. The van der Waals surface area contributed by atoms with Gasteiger partial charge in [-0.25, -0.2) is 4.39 Å². The van der Waals surface area contributed by atoms with Gasteiger partial charge in [0.25, 0.3) is 0 Å². The standard InChI is InChI=1S/C13H15ClFNO2/c1-13(12(17)18)5-6-16(8-13)7-9-3-2-4-10(14)11(9)15/h2-4H,5-8H2,1H3,(H,17,18). The Kier molecular flexibility index (Phi) is 3.59. The molecule has 0 aliphatic carbocycles. The molecule has 5 heteroatoms. The molecule has 1 atom stereocenters. The van der Waals surface area contributed by atoms with Crippen LogP contribution in [0.3, 0.4) is 0 Å². The van der Waals surface area contributed by atoms with Gasteiger partial charge in [-0.15, -0.1) is 0 Å². The number of hydrogen-bond donors (Lipinski definition) is 1. The van der Waals surface area contributed by atoms with E-state index in [2.05, 4.69) is 0 Å². The molecular weight excluding hydrogens is 257 g/mol. The maximum atomic E-state index is 13.7. The Morgan fingerprint density at radius 2 is 2.33 bits per heavy atom. The van der Waals surface area contributed by atoms with E-state index in [9.17, 15) is 9.18 Å². The van der Waals surface area contributed by atoms with Crippen LogP contribution in [-0.2, 0) is 11.3 Å². The molecule has 1 unspecified atom stereocenters. The Balaban J connectivity index is 2.08. The Morgan fingerprint density at radius 1 is 1.61 bits per heavy atom. The van der Waals surface area contributed by atoms with Crippen LogP contribution in [0.2, 0.25) is 5.02 Å². The number of carboxylic acid groups (broad SMARTS) is 1. The summed E-state index contributed by atoms with van der Waals surface area (Å²) in [6.07, 6.45) is 0.588. The second kappa shape index (κ2) is 4.86. The number of nitrogens with zero attached hydrogens (tertiary/aromatic N) is 1. The van der Waals surface area contributed by atoms with Crippen molar-refractivity contribution in [2.24, 2.45) is 5.41 Å². The molecule has 1 aromatic carbocycles. The van der Waals surface area contributed by atoms with Crippen LogP contribution in [0.25, 0.3) is 0 Å². The van der Waals surface area contributed by atoms with Crippen molar-refractivity contribution in [3.05, 3.63) is 34.6 Å². The molecule has 1 heterocycles. The van der Waals surface area contributed by atoms with Crippen molar-refractivity contribution in [1.82, 2.24) is 4.90 Å². The average Bonchev–Trinajstić information content (AvgIpc) is 2.68. The zero-order valence-electron chi connectivity index (χ0n) is 10.1. The lowest BCUT2D eigenvalue weighted by Crippen LogP contribution is -2.31. The summed E-state index contributed by atoms with van der Waals surface area (Å²) in [5.41, 5.74) is -0.216. The second-order valence-corrected chi connectivity index (χ2v) is 5.45. The molecule has 2 rings (SSSR count). The zero-order chi connectivity index (χ0) is 13.3. The van der Waals surface area contributed by atoms with Gasteiger partial charge < -0.3 is 5.11 Å². The summed E-state index contributed by atoms with van der Waals surface area (Å²) in [7, 11) is 0. The fraction of sp³-hybridized carbons (Fsp3) is 0.462. The number of likely N-dealkylation sites (tertiary alicyclic amines) is 1. The molecule has 0 spiro atoms. The van der Waals surface area contributed by atoms with E-state index < -0.39 is 17.2 Å². The highest BCUT2D eigenvalue weighted by molar-refractivity contribution is 6.30. The minimum absolute atomic E-state index is 0.104. The van der Waals surface area contributed by atoms with E-state index >= 15 is 0 Å². The second-order valence-electron chi connectivity index (χ2n) is 5.04. The molecule has 0 bridgehead atoms. The summed E-state index contributed by atoms with van der Waals surface area (Å²) in [5, 5.41) is 9.24. The Morgan fingerprint density at radius 3 is 2.94 bits per heavy atom. The monoisotopic (exact) mass is 271 g/mol. The van der Waals surface area contributed by atoms with Crippen molar-refractivity contribution < 1.29 is 14.3 Å². The van der Waals surface area contributed by atoms with Gasteiger partial charge >= 0.3 is 5.97 Å². The van der Waals surface area contributed by atoms with E-state index in [1.54, 1.807) is 19.1 Å². The summed E-state index contributed by atoms with van der Waals surface area (Å²) < 4.78 is 13.7. The van der Waals surface area contributed by atoms with Crippen molar-refractivity contribution in [2.45, 2.75) is 19.9 Å². The molecule has 1 aliphatic rings. The first kappa shape index (κ1) is 13.3. The topological polar surface area (TPSA) is 40.5 Å².